The van der Waals surface area contributed by atoms with Gasteiger partial charge in [-0.15, -0.1) is 0 Å². The molecule has 4 aliphatic rings. The normalized spacial score (nSPS) is 40.8. The first kappa shape index (κ1) is 14.9. The molecule has 4 fully saturated rings. The Labute approximate surface area is 125 Å². The molecule has 4 rings (SSSR count). The summed E-state index contributed by atoms with van der Waals surface area (Å²) in [6, 6.07) is 0. The van der Waals surface area contributed by atoms with Crippen LogP contribution in [0.3, 0.4) is 0 Å². The first-order valence-corrected chi connectivity index (χ1v) is 9.55. The summed E-state index contributed by atoms with van der Waals surface area (Å²) in [6.07, 6.45) is 22.8. The van der Waals surface area contributed by atoms with Crippen LogP contribution in [0.1, 0.15) is 96.3 Å². The van der Waals surface area contributed by atoms with Crippen molar-refractivity contribution in [2.75, 3.05) is 0 Å². The molecule has 2 aliphatic carbocycles. The molecule has 0 aromatic carbocycles. The van der Waals surface area contributed by atoms with Crippen molar-refractivity contribution in [2.24, 2.45) is 11.8 Å². The molecule has 2 atom stereocenters. The predicted octanol–water partition coefficient (Wildman–Crippen LogP) is 5.86. The van der Waals surface area contributed by atoms with Gasteiger partial charge < -0.3 is 4.74 Å². The van der Waals surface area contributed by atoms with E-state index < -0.39 is 0 Å². The van der Waals surface area contributed by atoms with Gasteiger partial charge >= 0.3 is 0 Å². The van der Waals surface area contributed by atoms with Crippen LogP contribution >= 0.6 is 0 Å². The molecule has 0 N–H and O–H groups in total. The van der Waals surface area contributed by atoms with E-state index in [2.05, 4.69) is 0 Å². The first-order chi connectivity index (χ1) is 9.90. The maximum absolute atomic E-state index is 6.48. The second kappa shape index (κ2) is 7.82. The summed E-state index contributed by atoms with van der Waals surface area (Å²) in [7, 11) is 0. The number of hydrogen-bond donors (Lipinski definition) is 0. The van der Waals surface area contributed by atoms with Crippen molar-refractivity contribution in [1.82, 2.24) is 0 Å². The monoisotopic (exact) mass is 278 g/mol. The smallest absolute Gasteiger partial charge is 0.0581 e. The van der Waals surface area contributed by atoms with Crippen molar-refractivity contribution in [3.05, 3.63) is 0 Å². The van der Waals surface area contributed by atoms with E-state index >= 15 is 0 Å². The summed E-state index contributed by atoms with van der Waals surface area (Å²) < 4.78 is 6.48. The summed E-state index contributed by atoms with van der Waals surface area (Å²) in [6.45, 7) is 0. The lowest BCUT2D eigenvalue weighted by atomic mass is 9.83. The van der Waals surface area contributed by atoms with Crippen LogP contribution in [0.15, 0.2) is 0 Å². The highest BCUT2D eigenvalue weighted by Crippen LogP contribution is 2.35. The second-order valence-electron chi connectivity index (χ2n) is 7.78. The lowest BCUT2D eigenvalue weighted by molar-refractivity contribution is -0.0605. The Morgan fingerprint density at radius 1 is 0.450 bits per heavy atom. The molecule has 4 bridgehead atoms. The summed E-state index contributed by atoms with van der Waals surface area (Å²) in [5, 5.41) is 0. The molecule has 0 aromatic rings. The van der Waals surface area contributed by atoms with Crippen LogP contribution in [0.4, 0.5) is 0 Å². The third kappa shape index (κ3) is 4.48. The van der Waals surface area contributed by atoms with E-state index in [1.807, 2.05) is 0 Å². The maximum Gasteiger partial charge on any atom is 0.0581 e. The number of ether oxygens (including phenoxy) is 1. The highest BCUT2D eigenvalue weighted by Gasteiger charge is 2.27. The Hall–Kier alpha value is -0.0400. The van der Waals surface area contributed by atoms with Crippen molar-refractivity contribution >= 4 is 0 Å². The Morgan fingerprint density at radius 3 is 1.90 bits per heavy atom. The van der Waals surface area contributed by atoms with Crippen molar-refractivity contribution in [3.63, 3.8) is 0 Å². The minimum Gasteiger partial charge on any atom is -0.375 e. The van der Waals surface area contributed by atoms with E-state index in [-0.39, 0.29) is 0 Å². The Bertz CT molecular complexity index is 267. The van der Waals surface area contributed by atoms with E-state index in [0.29, 0.717) is 12.2 Å². The number of hydrogen-bond acceptors (Lipinski definition) is 1. The number of fused-ring (bicyclic) bond motifs is 8. The summed E-state index contributed by atoms with van der Waals surface area (Å²) in [5.74, 6) is 2.01. The molecule has 2 saturated heterocycles. The van der Waals surface area contributed by atoms with Gasteiger partial charge in [0.05, 0.1) is 12.2 Å². The molecule has 2 unspecified atom stereocenters. The van der Waals surface area contributed by atoms with Crippen LogP contribution in [-0.2, 0) is 4.74 Å². The zero-order valence-corrected chi connectivity index (χ0v) is 13.3. The highest BCUT2D eigenvalue weighted by molar-refractivity contribution is 4.78. The second-order valence-corrected chi connectivity index (χ2v) is 7.78. The van der Waals surface area contributed by atoms with Gasteiger partial charge in [-0.25, -0.2) is 0 Å². The fraction of sp³-hybridized carbons (Fsp3) is 1.00. The van der Waals surface area contributed by atoms with E-state index in [9.17, 15) is 0 Å². The van der Waals surface area contributed by atoms with Gasteiger partial charge in [-0.05, 0) is 50.4 Å². The van der Waals surface area contributed by atoms with Gasteiger partial charge in [-0.3, -0.25) is 0 Å². The van der Waals surface area contributed by atoms with Gasteiger partial charge in [0.15, 0.2) is 0 Å². The zero-order valence-electron chi connectivity index (χ0n) is 13.3. The molecule has 1 heteroatoms. The molecule has 2 aliphatic heterocycles. The maximum atomic E-state index is 6.48. The SMILES string of the molecule is C1CCCC2CCC(CC2)OC2CCCC(CCC1)C2. The molecule has 2 heterocycles. The first-order valence-electron chi connectivity index (χ1n) is 9.55. The molecule has 0 aromatic heterocycles. The fourth-order valence-corrected chi connectivity index (χ4v) is 4.85. The third-order valence-electron chi connectivity index (χ3n) is 6.14. The molecular weight excluding hydrogens is 244 g/mol. The van der Waals surface area contributed by atoms with Gasteiger partial charge in [-0.1, -0.05) is 57.8 Å². The molecule has 2 saturated carbocycles. The van der Waals surface area contributed by atoms with Gasteiger partial charge in [0.1, 0.15) is 0 Å². The fourth-order valence-electron chi connectivity index (χ4n) is 4.85. The van der Waals surface area contributed by atoms with Crippen LogP contribution in [0.2, 0.25) is 0 Å². The third-order valence-corrected chi connectivity index (χ3v) is 6.14. The van der Waals surface area contributed by atoms with Gasteiger partial charge in [0.25, 0.3) is 0 Å². The van der Waals surface area contributed by atoms with Crippen molar-refractivity contribution < 1.29 is 4.74 Å². The zero-order chi connectivity index (χ0) is 13.6. The Kier molecular flexibility index (Phi) is 5.82. The topological polar surface area (TPSA) is 9.23 Å². The van der Waals surface area contributed by atoms with E-state index in [0.717, 1.165) is 11.8 Å². The van der Waals surface area contributed by atoms with Crippen LogP contribution in [0, 0.1) is 11.8 Å². The summed E-state index contributed by atoms with van der Waals surface area (Å²) >= 11 is 0. The van der Waals surface area contributed by atoms with Gasteiger partial charge in [0, 0.05) is 0 Å². The number of rotatable bonds is 0. The molecular formula is C19H34O. The standard InChI is InChI=1S/C19H34O/c1-2-4-7-16-11-13-18(14-12-16)20-19-10-6-9-17(15-19)8-5-3-1/h16-19H,1-15H2. The quantitative estimate of drug-likeness (QED) is 0.539. The summed E-state index contributed by atoms with van der Waals surface area (Å²) in [5.41, 5.74) is 0. The minimum absolute atomic E-state index is 0.611. The van der Waals surface area contributed by atoms with Crippen molar-refractivity contribution in [2.45, 2.75) is 109 Å². The van der Waals surface area contributed by atoms with Crippen LogP contribution in [0.5, 0.6) is 0 Å². The largest absolute Gasteiger partial charge is 0.375 e. The van der Waals surface area contributed by atoms with E-state index in [1.54, 1.807) is 0 Å². The Balaban J connectivity index is 1.54. The average Bonchev–Trinajstić information content (AvgIpc) is 2.48. The van der Waals surface area contributed by atoms with Crippen LogP contribution < -0.4 is 0 Å². The molecule has 0 spiro atoms. The van der Waals surface area contributed by atoms with Crippen molar-refractivity contribution in [1.29, 1.82) is 0 Å². The average molecular weight is 278 g/mol. The van der Waals surface area contributed by atoms with Crippen LogP contribution in [-0.4, -0.2) is 12.2 Å². The van der Waals surface area contributed by atoms with Gasteiger partial charge in [0.2, 0.25) is 0 Å². The van der Waals surface area contributed by atoms with E-state index in [4.69, 9.17) is 4.74 Å². The van der Waals surface area contributed by atoms with Crippen LogP contribution in [0.25, 0.3) is 0 Å². The summed E-state index contributed by atoms with van der Waals surface area (Å²) in [4.78, 5) is 0. The van der Waals surface area contributed by atoms with E-state index in [1.165, 1.54) is 96.3 Å². The van der Waals surface area contributed by atoms with Crippen molar-refractivity contribution in [3.8, 4) is 0 Å². The molecule has 0 amide bonds. The highest BCUT2D eigenvalue weighted by atomic mass is 16.5. The molecule has 0 radical (unpaired) electrons. The Morgan fingerprint density at radius 2 is 1.10 bits per heavy atom. The molecule has 1 nitrogen and oxygen atoms in total. The lowest BCUT2D eigenvalue weighted by Gasteiger charge is -2.35. The van der Waals surface area contributed by atoms with Gasteiger partial charge in [-0.2, -0.15) is 0 Å². The molecule has 116 valence electrons. The predicted molar refractivity (Wildman–Crippen MR) is 84.9 cm³/mol. The lowest BCUT2D eigenvalue weighted by Crippen LogP contribution is -2.30. The molecule has 20 heavy (non-hydrogen) atoms. The minimum atomic E-state index is 0.611.